The number of carbonyl (C=O) groups is 2. The number of ether oxygens (including phenoxy) is 15. The van der Waals surface area contributed by atoms with E-state index < -0.39 is 117 Å². The van der Waals surface area contributed by atoms with Crippen LogP contribution in [0, 0.1) is 0 Å². The first-order valence-corrected chi connectivity index (χ1v) is 43.6. The van der Waals surface area contributed by atoms with Crippen molar-refractivity contribution in [2.24, 2.45) is 0 Å². The Hall–Kier alpha value is -10.2. The lowest BCUT2D eigenvalue weighted by molar-refractivity contribution is -0.378. The van der Waals surface area contributed by atoms with Crippen LogP contribution in [-0.4, -0.2) is 139 Å². The lowest BCUT2D eigenvalue weighted by Gasteiger charge is -2.51. The van der Waals surface area contributed by atoms with Gasteiger partial charge in [0.15, 0.2) is 31.1 Å². The van der Waals surface area contributed by atoms with Crippen molar-refractivity contribution in [3.63, 3.8) is 0 Å². The summed E-state index contributed by atoms with van der Waals surface area (Å²) in [7, 11) is -3.42. The molecule has 15 atom stereocenters. The van der Waals surface area contributed by atoms with Crippen LogP contribution in [0.25, 0.3) is 0 Å². The lowest BCUT2D eigenvalue weighted by Crippen LogP contribution is -2.69. The highest BCUT2D eigenvalue weighted by atomic mass is 28.4. The van der Waals surface area contributed by atoms with Gasteiger partial charge >= 0.3 is 11.9 Å². The van der Waals surface area contributed by atoms with Gasteiger partial charge in [0.1, 0.15) is 61.0 Å². The molecule has 3 heterocycles. The molecule has 11 aromatic carbocycles. The van der Waals surface area contributed by atoms with Gasteiger partial charge in [-0.05, 0) is 91.5 Å². The Bertz CT molecular complexity index is 4780. The maximum Gasteiger partial charge on any atom is 0.338 e. The van der Waals surface area contributed by atoms with Crippen LogP contribution in [0.15, 0.2) is 346 Å². The number of unbranched alkanes of at least 4 members (excludes halogenated alkanes) is 1. The zero-order chi connectivity index (χ0) is 83.3. The van der Waals surface area contributed by atoms with E-state index in [1.807, 2.05) is 267 Å². The van der Waals surface area contributed by atoms with E-state index in [1.54, 1.807) is 48.5 Å². The van der Waals surface area contributed by atoms with Crippen molar-refractivity contribution in [1.29, 1.82) is 0 Å². The van der Waals surface area contributed by atoms with E-state index in [0.29, 0.717) is 12.8 Å². The van der Waals surface area contributed by atoms with Gasteiger partial charge in [-0.3, -0.25) is 0 Å². The predicted molar refractivity (Wildman–Crippen MR) is 463 cm³/mol. The number of esters is 2. The number of allylic oxidation sites excluding steroid dienone is 1. The molecule has 0 aromatic heterocycles. The summed E-state index contributed by atoms with van der Waals surface area (Å²) >= 11 is 0. The third-order valence-electron chi connectivity index (χ3n) is 21.8. The number of benzene rings is 11. The smallest absolute Gasteiger partial charge is 0.338 e. The molecule has 0 spiro atoms. The Labute approximate surface area is 711 Å². The van der Waals surface area contributed by atoms with Gasteiger partial charge in [0, 0.05) is 0 Å². The topological polar surface area (TPSA) is 182 Å². The Balaban J connectivity index is 0.920. The van der Waals surface area contributed by atoms with Crippen LogP contribution in [0.5, 0.6) is 0 Å². The second kappa shape index (κ2) is 44.5. The van der Waals surface area contributed by atoms with Gasteiger partial charge < -0.3 is 75.5 Å². The van der Waals surface area contributed by atoms with Crippen LogP contribution < -0.4 is 10.4 Å². The fourth-order valence-corrected chi connectivity index (χ4v) is 20.3. The minimum atomic E-state index is -3.42. The molecule has 0 N–H and O–H groups in total. The van der Waals surface area contributed by atoms with Gasteiger partial charge in [-0.15, -0.1) is 6.58 Å². The first-order valence-electron chi connectivity index (χ1n) is 41.7. The maximum absolute atomic E-state index is 15.5. The zero-order valence-electron chi connectivity index (χ0n) is 68.7. The first-order chi connectivity index (χ1) is 59.4. The van der Waals surface area contributed by atoms with E-state index in [9.17, 15) is 0 Å². The van der Waals surface area contributed by atoms with Gasteiger partial charge in [-0.1, -0.05) is 336 Å². The highest BCUT2D eigenvalue weighted by Crippen LogP contribution is 2.42. The number of carbonyl (C=O) groups excluding carboxylic acids is 2. The largest absolute Gasteiger partial charge is 0.450 e. The molecular formula is C102H108O18Si. The Morgan fingerprint density at radius 2 is 0.620 bits per heavy atom. The van der Waals surface area contributed by atoms with Crippen LogP contribution >= 0.6 is 0 Å². The summed E-state index contributed by atoms with van der Waals surface area (Å²) in [5.74, 6) is -1.36. The van der Waals surface area contributed by atoms with E-state index in [4.69, 9.17) is 75.5 Å². The van der Waals surface area contributed by atoms with E-state index in [1.165, 1.54) is 0 Å². The SMILES string of the molecule is C=CCCCO[C@H]1O[C@H](CO[C@H]2O[C@H](COCc3ccccc3)[C@@H](OCc3ccccc3)[C@H](OCc3ccccc3)[C@@H]2OC(=O)c2ccccc2)[C@@H](OCc2ccccc2)[C@H](O[C@H]2O[C@H](CO[Si](c3ccccc3)(c3ccccc3)C(C)(C)C)[C@@H](OCc3ccccc3)[C@H](OCc3ccccc3)[C@@H]2OC(=O)c2ccccc2)[C@@H]1OCc1ccccc1. The number of hydrogen-bond donors (Lipinski definition) is 0. The minimum absolute atomic E-state index is 0.000497. The Kier molecular flexibility index (Phi) is 32.1. The van der Waals surface area contributed by atoms with Gasteiger partial charge in [0.05, 0.1) is 83.8 Å². The molecule has 121 heavy (non-hydrogen) atoms. The molecule has 0 saturated carbocycles. The van der Waals surface area contributed by atoms with Crippen molar-refractivity contribution >= 4 is 30.6 Å². The molecule has 0 amide bonds. The van der Waals surface area contributed by atoms with Crippen molar-refractivity contribution in [3.8, 4) is 0 Å². The molecule has 3 saturated heterocycles. The van der Waals surface area contributed by atoms with Gasteiger partial charge in [0.2, 0.25) is 0 Å². The van der Waals surface area contributed by atoms with Crippen LogP contribution in [0.2, 0.25) is 5.04 Å². The lowest BCUT2D eigenvalue weighted by atomic mass is 9.95. The molecule has 0 bridgehead atoms. The highest BCUT2D eigenvalue weighted by Gasteiger charge is 2.59. The highest BCUT2D eigenvalue weighted by molar-refractivity contribution is 6.99. The molecule has 3 fully saturated rings. The third-order valence-corrected chi connectivity index (χ3v) is 26.8. The predicted octanol–water partition coefficient (Wildman–Crippen LogP) is 17.3. The average molecular weight is 1650 g/mol. The molecule has 14 rings (SSSR count). The summed E-state index contributed by atoms with van der Waals surface area (Å²) in [6.07, 6.45) is -15.3. The molecule has 0 radical (unpaired) electrons. The van der Waals surface area contributed by atoms with E-state index >= 15 is 9.59 Å². The molecular weight excluding hydrogens is 1540 g/mol. The van der Waals surface area contributed by atoms with Gasteiger partial charge in [-0.2, -0.15) is 0 Å². The molecule has 11 aromatic rings. The number of hydrogen-bond acceptors (Lipinski definition) is 18. The summed E-state index contributed by atoms with van der Waals surface area (Å²) in [5, 5.41) is 1.57. The summed E-state index contributed by atoms with van der Waals surface area (Å²) in [6, 6.07) is 107. The van der Waals surface area contributed by atoms with Crippen molar-refractivity contribution in [3.05, 3.63) is 396 Å². The molecule has 628 valence electrons. The van der Waals surface area contributed by atoms with Crippen LogP contribution in [-0.2, 0) is 122 Å². The fourth-order valence-electron chi connectivity index (χ4n) is 15.7. The normalized spacial score (nSPS) is 23.0. The second-order valence-electron chi connectivity index (χ2n) is 31.4. The molecule has 19 heteroatoms. The quantitative estimate of drug-likeness (QED) is 0.0152. The maximum atomic E-state index is 15.5. The van der Waals surface area contributed by atoms with Crippen molar-refractivity contribution in [1.82, 2.24) is 0 Å². The van der Waals surface area contributed by atoms with Crippen molar-refractivity contribution in [2.45, 2.75) is 177 Å². The van der Waals surface area contributed by atoms with Crippen molar-refractivity contribution < 1.29 is 85.1 Å². The Morgan fingerprint density at radius 1 is 0.322 bits per heavy atom. The summed E-state index contributed by atoms with van der Waals surface area (Å²) in [5.41, 5.74) is 6.55. The third kappa shape index (κ3) is 23.7. The summed E-state index contributed by atoms with van der Waals surface area (Å²) < 4.78 is 117. The number of rotatable bonds is 41. The van der Waals surface area contributed by atoms with E-state index in [-0.39, 0.29) is 83.8 Å². The van der Waals surface area contributed by atoms with E-state index in [2.05, 4.69) is 51.6 Å². The standard InChI is InChI=1S/C102H108O18Si/c1-5-6-40-63-106-99-94(112-70-80-53-30-13-31-54-80)93(120-101-96(119-98(104)82-57-34-15-35-58-82)92(111-69-79-51-28-12-29-52-79)89(108-66-76-45-22-9-23-46-76)87(117-101)73-114-121(102(2,3)4,83-59-36-16-37-60-83)84-61-38-17-39-62-84)90(109-67-77-47-24-10-25-48-77)86(116-99)72-113-100-95(118-97(103)81-55-32-14-33-56-81)91(110-68-78-49-26-11-27-50-78)88(107-65-75-43-20-8-21-44-75)85(115-100)71-105-64-74-41-18-7-19-42-74/h5,7-39,41-62,85-96,99-101H,1,6,40,63-73H2,2-4H3/t85-,86-,87-,88-,89-,90-,91+,92+,93+,94+,95+,96+,99+,100+,101-/m1/s1. The zero-order valence-corrected chi connectivity index (χ0v) is 69.7. The monoisotopic (exact) mass is 1650 g/mol. The molecule has 3 aliphatic rings. The molecule has 3 aliphatic heterocycles. The van der Waals surface area contributed by atoms with Gasteiger partial charge in [0.25, 0.3) is 8.32 Å². The first kappa shape index (κ1) is 87.1. The van der Waals surface area contributed by atoms with Crippen LogP contribution in [0.4, 0.5) is 0 Å². The fraction of sp³-hybridized carbons (Fsp3) is 0.314. The molecule has 18 nitrogen and oxygen atoms in total. The van der Waals surface area contributed by atoms with Gasteiger partial charge in [-0.25, -0.2) is 9.59 Å². The minimum Gasteiger partial charge on any atom is -0.450 e. The van der Waals surface area contributed by atoms with Crippen molar-refractivity contribution in [2.75, 3.05) is 26.4 Å². The Morgan fingerprint density at radius 3 is 0.992 bits per heavy atom. The summed E-state index contributed by atoms with van der Waals surface area (Å²) in [6.45, 7) is 11.0. The average Bonchev–Trinajstić information content (AvgIpc) is 0.742. The van der Waals surface area contributed by atoms with Crippen LogP contribution in [0.3, 0.4) is 0 Å². The molecule has 0 aliphatic carbocycles. The summed E-state index contributed by atoms with van der Waals surface area (Å²) in [4.78, 5) is 30.6. The van der Waals surface area contributed by atoms with Crippen LogP contribution in [0.1, 0.15) is 93.3 Å². The molecule has 0 unspecified atom stereocenters. The van der Waals surface area contributed by atoms with E-state index in [0.717, 1.165) is 49.3 Å². The second-order valence-corrected chi connectivity index (χ2v) is 35.7.